The molecule has 2 aliphatic heterocycles. The number of halogens is 3. The van der Waals surface area contributed by atoms with E-state index in [4.69, 9.17) is 4.74 Å². The maximum atomic E-state index is 12.8. The number of piperidine rings is 1. The van der Waals surface area contributed by atoms with Gasteiger partial charge in [0.25, 0.3) is 0 Å². The molecule has 0 aromatic rings. The maximum absolute atomic E-state index is 12.8. The lowest BCUT2D eigenvalue weighted by molar-refractivity contribution is -0.187. The Morgan fingerprint density at radius 3 is 2.07 bits per heavy atom. The van der Waals surface area contributed by atoms with Gasteiger partial charge in [-0.3, -0.25) is 14.5 Å². The van der Waals surface area contributed by atoms with Gasteiger partial charge in [-0.2, -0.15) is 13.2 Å². The van der Waals surface area contributed by atoms with Crippen LogP contribution in [0.15, 0.2) is 0 Å². The number of hydrogen-bond acceptors (Lipinski definition) is 4. The summed E-state index contributed by atoms with van der Waals surface area (Å²) in [6.07, 6.45) is -3.33. The Bertz CT molecular complexity index is 510. The van der Waals surface area contributed by atoms with E-state index in [1.165, 1.54) is 0 Å². The predicted octanol–water partition coefficient (Wildman–Crippen LogP) is 1.74. The van der Waals surface area contributed by atoms with E-state index in [-0.39, 0.29) is 49.8 Å². The van der Waals surface area contributed by atoms with E-state index in [1.807, 2.05) is 4.90 Å². The van der Waals surface area contributed by atoms with Crippen LogP contribution in [0.4, 0.5) is 13.2 Å². The molecule has 0 saturated carbocycles. The Hall–Kier alpha value is -1.35. The molecule has 2 saturated heterocycles. The number of carbonyl (C=O) groups is 2. The van der Waals surface area contributed by atoms with E-state index in [0.29, 0.717) is 19.7 Å². The Morgan fingerprint density at radius 1 is 1.04 bits per heavy atom. The molecule has 2 fully saturated rings. The van der Waals surface area contributed by atoms with Gasteiger partial charge in [0.05, 0.1) is 0 Å². The van der Waals surface area contributed by atoms with E-state index in [0.717, 1.165) is 17.9 Å². The van der Waals surface area contributed by atoms with Gasteiger partial charge in [-0.15, -0.1) is 0 Å². The molecule has 0 aromatic carbocycles. The van der Waals surface area contributed by atoms with E-state index < -0.39 is 12.1 Å². The molecule has 27 heavy (non-hydrogen) atoms. The normalized spacial score (nSPS) is 25.7. The first-order valence-corrected chi connectivity index (χ1v) is 9.54. The van der Waals surface area contributed by atoms with Gasteiger partial charge in [-0.05, 0) is 33.1 Å². The number of likely N-dealkylation sites (tertiary alicyclic amines) is 1. The molecule has 2 rings (SSSR count). The number of methoxy groups -OCH3 is 1. The number of alkyl halides is 3. The zero-order chi connectivity index (χ0) is 20.2. The number of ether oxygens (including phenoxy) is 1. The number of hydrogen-bond donors (Lipinski definition) is 0. The average molecular weight is 393 g/mol. The van der Waals surface area contributed by atoms with Gasteiger partial charge in [0.2, 0.25) is 5.91 Å². The first-order chi connectivity index (χ1) is 12.6. The molecule has 0 aromatic heterocycles. The highest BCUT2D eigenvalue weighted by molar-refractivity contribution is 5.83. The number of piperazine rings is 1. The van der Waals surface area contributed by atoms with Crippen LogP contribution in [0.5, 0.6) is 0 Å². The minimum Gasteiger partial charge on any atom is -0.385 e. The van der Waals surface area contributed by atoms with E-state index >= 15 is 0 Å². The first-order valence-electron chi connectivity index (χ1n) is 9.54. The number of carbonyl (C=O) groups excluding carboxylic acids is 2. The second-order valence-electron chi connectivity index (χ2n) is 7.59. The van der Waals surface area contributed by atoms with Gasteiger partial charge in [-0.1, -0.05) is 0 Å². The lowest BCUT2D eigenvalue weighted by atomic mass is 9.94. The fourth-order valence-electron chi connectivity index (χ4n) is 4.14. The van der Waals surface area contributed by atoms with Crippen molar-refractivity contribution in [2.24, 2.45) is 5.92 Å². The third-order valence-electron chi connectivity index (χ3n) is 5.55. The summed E-state index contributed by atoms with van der Waals surface area (Å²) in [6, 6.07) is 0.447. The zero-order valence-corrected chi connectivity index (χ0v) is 16.3. The maximum Gasteiger partial charge on any atom is 0.471 e. The Morgan fingerprint density at radius 2 is 1.59 bits per heavy atom. The van der Waals surface area contributed by atoms with Crippen LogP contribution < -0.4 is 0 Å². The van der Waals surface area contributed by atoms with Crippen molar-refractivity contribution in [2.45, 2.75) is 51.4 Å². The van der Waals surface area contributed by atoms with Crippen molar-refractivity contribution in [1.82, 2.24) is 14.7 Å². The first kappa shape index (κ1) is 21.9. The molecule has 2 heterocycles. The van der Waals surface area contributed by atoms with Crippen LogP contribution in [0, 0.1) is 5.92 Å². The highest BCUT2D eigenvalue weighted by Crippen LogP contribution is 2.26. The average Bonchev–Trinajstić information content (AvgIpc) is 2.62. The van der Waals surface area contributed by atoms with Crippen molar-refractivity contribution in [1.29, 1.82) is 0 Å². The highest BCUT2D eigenvalue weighted by atomic mass is 19.4. The van der Waals surface area contributed by atoms with Gasteiger partial charge in [0, 0.05) is 64.4 Å². The van der Waals surface area contributed by atoms with E-state index in [9.17, 15) is 22.8 Å². The lowest BCUT2D eigenvalue weighted by Gasteiger charge is -2.46. The molecule has 2 amide bonds. The number of amides is 2. The number of rotatable bonds is 5. The van der Waals surface area contributed by atoms with Crippen LogP contribution in [-0.4, -0.2) is 91.2 Å². The molecule has 2 atom stereocenters. The standard InChI is InChI=1S/C18H30F3N3O3/c1-13-11-23(12-14(2)24(13)7-4-10-27-3)16(25)15-5-8-22(9-6-15)17(26)18(19,20)21/h13-15H,4-12H2,1-3H3. The van der Waals surface area contributed by atoms with Gasteiger partial charge >= 0.3 is 12.1 Å². The van der Waals surface area contributed by atoms with Crippen molar-refractivity contribution in [3.8, 4) is 0 Å². The van der Waals surface area contributed by atoms with Crippen molar-refractivity contribution in [3.05, 3.63) is 0 Å². The van der Waals surface area contributed by atoms with E-state index in [2.05, 4.69) is 18.7 Å². The monoisotopic (exact) mass is 393 g/mol. The van der Waals surface area contributed by atoms with Crippen LogP contribution in [0.2, 0.25) is 0 Å². The van der Waals surface area contributed by atoms with Gasteiger partial charge in [0.1, 0.15) is 0 Å². The molecule has 0 aliphatic carbocycles. The van der Waals surface area contributed by atoms with Gasteiger partial charge in [-0.25, -0.2) is 0 Å². The van der Waals surface area contributed by atoms with Crippen LogP contribution in [0.1, 0.15) is 33.1 Å². The second-order valence-corrected chi connectivity index (χ2v) is 7.59. The largest absolute Gasteiger partial charge is 0.471 e. The Balaban J connectivity index is 1.86. The summed E-state index contributed by atoms with van der Waals surface area (Å²) in [5.41, 5.74) is 0. The summed E-state index contributed by atoms with van der Waals surface area (Å²) >= 11 is 0. The fourth-order valence-corrected chi connectivity index (χ4v) is 4.14. The lowest BCUT2D eigenvalue weighted by Crippen LogP contribution is -2.59. The smallest absolute Gasteiger partial charge is 0.385 e. The third kappa shape index (κ3) is 5.57. The van der Waals surface area contributed by atoms with Crippen molar-refractivity contribution in [3.63, 3.8) is 0 Å². The molecule has 9 heteroatoms. The zero-order valence-electron chi connectivity index (χ0n) is 16.3. The Kier molecular flexibility index (Phi) is 7.50. The molecule has 156 valence electrons. The molecular formula is C18H30F3N3O3. The summed E-state index contributed by atoms with van der Waals surface area (Å²) in [4.78, 5) is 29.2. The number of nitrogens with zero attached hydrogens (tertiary/aromatic N) is 3. The molecule has 0 bridgehead atoms. The summed E-state index contributed by atoms with van der Waals surface area (Å²) in [5, 5.41) is 0. The fraction of sp³-hybridized carbons (Fsp3) is 0.889. The quantitative estimate of drug-likeness (QED) is 0.668. The molecule has 6 nitrogen and oxygen atoms in total. The summed E-state index contributed by atoms with van der Waals surface area (Å²) in [5.74, 6) is -2.11. The molecule has 0 radical (unpaired) electrons. The minimum atomic E-state index is -4.85. The molecule has 2 unspecified atom stereocenters. The molecule has 0 N–H and O–H groups in total. The van der Waals surface area contributed by atoms with Crippen LogP contribution in [0.25, 0.3) is 0 Å². The van der Waals surface area contributed by atoms with Gasteiger partial charge < -0.3 is 14.5 Å². The van der Waals surface area contributed by atoms with Gasteiger partial charge in [0.15, 0.2) is 0 Å². The third-order valence-corrected chi connectivity index (χ3v) is 5.55. The SMILES string of the molecule is COCCCN1C(C)CN(C(=O)C2CCN(C(=O)C(F)(F)F)CC2)CC1C. The van der Waals surface area contributed by atoms with E-state index in [1.54, 1.807) is 7.11 Å². The summed E-state index contributed by atoms with van der Waals surface area (Å²) in [7, 11) is 1.68. The second kappa shape index (κ2) is 9.23. The topological polar surface area (TPSA) is 53.1 Å². The summed E-state index contributed by atoms with van der Waals surface area (Å²) < 4.78 is 42.7. The van der Waals surface area contributed by atoms with Crippen molar-refractivity contribution < 1.29 is 27.5 Å². The summed E-state index contributed by atoms with van der Waals surface area (Å²) in [6.45, 7) is 7.01. The molecule has 0 spiro atoms. The minimum absolute atomic E-state index is 0.00403. The van der Waals surface area contributed by atoms with Crippen molar-refractivity contribution >= 4 is 11.8 Å². The van der Waals surface area contributed by atoms with Crippen LogP contribution >= 0.6 is 0 Å². The van der Waals surface area contributed by atoms with Crippen molar-refractivity contribution in [2.75, 3.05) is 46.4 Å². The molecular weight excluding hydrogens is 363 g/mol. The highest BCUT2D eigenvalue weighted by Gasteiger charge is 2.44. The van der Waals surface area contributed by atoms with Crippen LogP contribution in [-0.2, 0) is 14.3 Å². The van der Waals surface area contributed by atoms with Crippen LogP contribution in [0.3, 0.4) is 0 Å². The Labute approximate surface area is 158 Å². The predicted molar refractivity (Wildman–Crippen MR) is 94.1 cm³/mol. The molecule has 2 aliphatic rings.